The molecule has 2 N–H and O–H groups in total. The van der Waals surface area contributed by atoms with Crippen LogP contribution in [0.1, 0.15) is 56.9 Å². The highest BCUT2D eigenvalue weighted by molar-refractivity contribution is 6.06. The molecule has 0 atom stereocenters. The number of hydrogen-bond acceptors (Lipinski definition) is 8. The Hall–Kier alpha value is -3.69. The Morgan fingerprint density at radius 1 is 1.12 bits per heavy atom. The summed E-state index contributed by atoms with van der Waals surface area (Å²) in [5.41, 5.74) is 1.43. The standard InChI is InChI=1S/C23H24N2O8/c1-2-33-18-10-12(9-15(23(18)30)25(31)32)20-21-13(5-3-7-16(21)26)24(11-19(28)29)14-6-4-8-17(27)22(14)20/h9-10,20,30H,2-8,11H2,1H3,(H,28,29). The summed E-state index contributed by atoms with van der Waals surface area (Å²) in [6, 6.07) is 2.61. The summed E-state index contributed by atoms with van der Waals surface area (Å²) in [5, 5.41) is 31.5. The number of ketones is 2. The van der Waals surface area contributed by atoms with Gasteiger partial charge in [-0.05, 0) is 44.2 Å². The van der Waals surface area contributed by atoms with E-state index in [2.05, 4.69) is 0 Å². The van der Waals surface area contributed by atoms with Crippen molar-refractivity contribution in [2.24, 2.45) is 0 Å². The normalized spacial score (nSPS) is 18.9. The van der Waals surface area contributed by atoms with Gasteiger partial charge < -0.3 is 19.8 Å². The number of nitro groups is 1. The van der Waals surface area contributed by atoms with Gasteiger partial charge in [0.2, 0.25) is 5.75 Å². The summed E-state index contributed by atoms with van der Waals surface area (Å²) in [5.74, 6) is -3.11. The Bertz CT molecular complexity index is 1090. The van der Waals surface area contributed by atoms with Gasteiger partial charge in [-0.2, -0.15) is 0 Å². The predicted octanol–water partition coefficient (Wildman–Crippen LogP) is 3.20. The average Bonchev–Trinajstić information content (AvgIpc) is 2.76. The fourth-order valence-electron chi connectivity index (χ4n) is 5.06. The molecule has 0 fully saturated rings. The number of nitro benzene ring substituents is 1. The van der Waals surface area contributed by atoms with Crippen LogP contribution in [0.2, 0.25) is 0 Å². The zero-order chi connectivity index (χ0) is 23.9. The Balaban J connectivity index is 2.01. The minimum Gasteiger partial charge on any atom is -0.500 e. The summed E-state index contributed by atoms with van der Waals surface area (Å²) in [6.07, 6.45) is 2.52. The number of Topliss-reactive ketones (excluding diaryl/α,β-unsaturated/α-hetero) is 2. The predicted molar refractivity (Wildman–Crippen MR) is 115 cm³/mol. The number of phenols is 1. The van der Waals surface area contributed by atoms with Gasteiger partial charge >= 0.3 is 11.7 Å². The molecule has 0 unspecified atom stereocenters. The average molecular weight is 456 g/mol. The number of benzene rings is 1. The molecular formula is C23H24N2O8. The van der Waals surface area contributed by atoms with Crippen LogP contribution in [0.3, 0.4) is 0 Å². The lowest BCUT2D eigenvalue weighted by atomic mass is 9.71. The van der Waals surface area contributed by atoms with Crippen LogP contribution in [0, 0.1) is 10.1 Å². The van der Waals surface area contributed by atoms with Crippen LogP contribution in [0.25, 0.3) is 0 Å². The maximum atomic E-state index is 13.1. The van der Waals surface area contributed by atoms with Gasteiger partial charge in [-0.1, -0.05) is 0 Å². The lowest BCUT2D eigenvalue weighted by molar-refractivity contribution is -0.386. The minimum absolute atomic E-state index is 0.106. The zero-order valence-corrected chi connectivity index (χ0v) is 18.1. The number of aliphatic carboxylic acids is 1. The fraction of sp³-hybridized carbons (Fsp3) is 0.435. The van der Waals surface area contributed by atoms with E-state index in [-0.39, 0.29) is 43.3 Å². The molecule has 0 spiro atoms. The van der Waals surface area contributed by atoms with Crippen LogP contribution < -0.4 is 4.74 Å². The SMILES string of the molecule is CCOc1cc(C2C3=C(CCCC3=O)N(CC(=O)O)C3=C2C(=O)CCC3)cc([N+](=O)[O-])c1O. The number of ether oxygens (including phenoxy) is 1. The van der Waals surface area contributed by atoms with Gasteiger partial charge in [-0.25, -0.2) is 0 Å². The fourth-order valence-corrected chi connectivity index (χ4v) is 5.06. The molecule has 0 bridgehead atoms. The molecule has 10 heteroatoms. The quantitative estimate of drug-likeness (QED) is 0.486. The number of aromatic hydroxyl groups is 1. The molecule has 3 aliphatic rings. The number of phenolic OH excluding ortho intramolecular Hbond substituents is 1. The van der Waals surface area contributed by atoms with Crippen LogP contribution in [0.5, 0.6) is 11.5 Å². The highest BCUT2D eigenvalue weighted by Gasteiger charge is 2.44. The summed E-state index contributed by atoms with van der Waals surface area (Å²) in [6.45, 7) is 1.44. The minimum atomic E-state index is -1.08. The first-order valence-electron chi connectivity index (χ1n) is 10.9. The van der Waals surface area contributed by atoms with E-state index in [1.54, 1.807) is 11.8 Å². The first-order chi connectivity index (χ1) is 15.7. The van der Waals surface area contributed by atoms with Gasteiger partial charge in [-0.15, -0.1) is 0 Å². The molecule has 0 radical (unpaired) electrons. The van der Waals surface area contributed by atoms with Crippen molar-refractivity contribution in [2.75, 3.05) is 13.2 Å². The van der Waals surface area contributed by atoms with Gasteiger partial charge in [-0.3, -0.25) is 24.5 Å². The van der Waals surface area contributed by atoms with Gasteiger partial charge in [0, 0.05) is 47.4 Å². The van der Waals surface area contributed by atoms with Gasteiger partial charge in [0.25, 0.3) is 0 Å². The van der Waals surface area contributed by atoms with Crippen molar-refractivity contribution in [1.82, 2.24) is 4.90 Å². The van der Waals surface area contributed by atoms with E-state index < -0.39 is 28.2 Å². The Kier molecular flexibility index (Phi) is 5.92. The Labute approximate surface area is 189 Å². The summed E-state index contributed by atoms with van der Waals surface area (Å²) < 4.78 is 5.41. The first kappa shape index (κ1) is 22.5. The van der Waals surface area contributed by atoms with Gasteiger partial charge in [0.1, 0.15) is 6.54 Å². The first-order valence-corrected chi connectivity index (χ1v) is 10.9. The second-order valence-electron chi connectivity index (χ2n) is 8.26. The molecule has 33 heavy (non-hydrogen) atoms. The molecule has 1 aromatic carbocycles. The largest absolute Gasteiger partial charge is 0.500 e. The maximum absolute atomic E-state index is 13.1. The lowest BCUT2D eigenvalue weighted by Crippen LogP contribution is -2.41. The number of rotatable bonds is 6. The third-order valence-corrected chi connectivity index (χ3v) is 6.29. The maximum Gasteiger partial charge on any atom is 0.323 e. The highest BCUT2D eigenvalue weighted by atomic mass is 16.6. The number of carbonyl (C=O) groups is 3. The van der Waals surface area contributed by atoms with Crippen LogP contribution in [-0.4, -0.2) is 50.7 Å². The number of allylic oxidation sites excluding steroid dienone is 4. The summed E-state index contributed by atoms with van der Waals surface area (Å²) in [4.78, 5) is 50.4. The molecule has 1 aromatic rings. The number of carboxylic acid groups (broad SMARTS) is 1. The second-order valence-corrected chi connectivity index (χ2v) is 8.26. The molecule has 0 saturated heterocycles. The smallest absolute Gasteiger partial charge is 0.323 e. The zero-order valence-electron chi connectivity index (χ0n) is 18.1. The van der Waals surface area contributed by atoms with Crippen molar-refractivity contribution in [3.05, 3.63) is 50.4 Å². The van der Waals surface area contributed by atoms with Crippen molar-refractivity contribution < 1.29 is 34.3 Å². The van der Waals surface area contributed by atoms with Crippen molar-refractivity contribution in [3.8, 4) is 11.5 Å². The molecule has 10 nitrogen and oxygen atoms in total. The van der Waals surface area contributed by atoms with E-state index in [9.17, 15) is 34.7 Å². The second kappa shape index (κ2) is 8.68. The monoisotopic (exact) mass is 456 g/mol. The molecule has 174 valence electrons. The molecule has 0 saturated carbocycles. The molecular weight excluding hydrogens is 432 g/mol. The van der Waals surface area contributed by atoms with Crippen LogP contribution in [0.4, 0.5) is 5.69 Å². The molecule has 2 aliphatic carbocycles. The third-order valence-electron chi connectivity index (χ3n) is 6.29. The van der Waals surface area contributed by atoms with E-state index in [4.69, 9.17) is 4.74 Å². The van der Waals surface area contributed by atoms with Crippen molar-refractivity contribution in [3.63, 3.8) is 0 Å². The molecule has 0 aromatic heterocycles. The van der Waals surface area contributed by atoms with E-state index in [1.165, 1.54) is 12.1 Å². The van der Waals surface area contributed by atoms with Gasteiger partial charge in [0.15, 0.2) is 17.3 Å². The van der Waals surface area contributed by atoms with Gasteiger partial charge in [0.05, 0.1) is 11.5 Å². The highest BCUT2D eigenvalue weighted by Crippen LogP contribution is 2.51. The molecule has 4 rings (SSSR count). The number of hydrogen-bond donors (Lipinski definition) is 2. The molecule has 0 amide bonds. The van der Waals surface area contributed by atoms with Crippen molar-refractivity contribution >= 4 is 23.2 Å². The molecule has 1 heterocycles. The number of carbonyl (C=O) groups excluding carboxylic acids is 2. The van der Waals surface area contributed by atoms with Crippen molar-refractivity contribution in [1.29, 1.82) is 0 Å². The lowest BCUT2D eigenvalue weighted by Gasteiger charge is -2.43. The Morgan fingerprint density at radius 2 is 1.70 bits per heavy atom. The van der Waals surface area contributed by atoms with Crippen LogP contribution >= 0.6 is 0 Å². The number of carboxylic acids is 1. The van der Waals surface area contributed by atoms with Crippen LogP contribution in [0.15, 0.2) is 34.7 Å². The van der Waals surface area contributed by atoms with E-state index in [0.29, 0.717) is 53.8 Å². The van der Waals surface area contributed by atoms with Crippen molar-refractivity contribution in [2.45, 2.75) is 51.4 Å². The van der Waals surface area contributed by atoms with E-state index in [1.807, 2.05) is 0 Å². The summed E-state index contributed by atoms with van der Waals surface area (Å²) >= 11 is 0. The number of nitrogens with zero attached hydrogens (tertiary/aromatic N) is 2. The van der Waals surface area contributed by atoms with E-state index in [0.717, 1.165) is 0 Å². The Morgan fingerprint density at radius 3 is 2.18 bits per heavy atom. The molecule has 1 aliphatic heterocycles. The van der Waals surface area contributed by atoms with E-state index >= 15 is 0 Å². The topological polar surface area (TPSA) is 147 Å². The third kappa shape index (κ3) is 3.85. The summed E-state index contributed by atoms with van der Waals surface area (Å²) in [7, 11) is 0. The van der Waals surface area contributed by atoms with Crippen LogP contribution in [-0.2, 0) is 14.4 Å².